The van der Waals surface area contributed by atoms with Gasteiger partial charge in [-0.3, -0.25) is 14.7 Å². The number of aliphatic imine (C=N–C) groups is 1. The zero-order valence-electron chi connectivity index (χ0n) is 16.4. The Morgan fingerprint density at radius 3 is 2.24 bits per heavy atom. The first-order chi connectivity index (χ1) is 11.2. The van der Waals surface area contributed by atoms with Crippen LogP contribution in [0.3, 0.4) is 0 Å². The molecule has 1 fully saturated rings. The first kappa shape index (κ1) is 24.2. The Hall–Kier alpha value is -0.830. The van der Waals surface area contributed by atoms with E-state index in [2.05, 4.69) is 39.3 Å². The van der Waals surface area contributed by atoms with Crippen LogP contribution in [0.2, 0.25) is 0 Å². The molecule has 0 aromatic carbocycles. The average Bonchev–Trinajstić information content (AvgIpc) is 2.50. The summed E-state index contributed by atoms with van der Waals surface area (Å²) in [6, 6.07) is 0.446. The Kier molecular flexibility index (Phi) is 11.3. The van der Waals surface area contributed by atoms with Crippen LogP contribution in [0.4, 0.5) is 0 Å². The number of nitrogens with one attached hydrogen (secondary N) is 3. The van der Waals surface area contributed by atoms with Gasteiger partial charge in [-0.2, -0.15) is 0 Å². The van der Waals surface area contributed by atoms with Crippen molar-refractivity contribution in [1.82, 2.24) is 20.9 Å². The number of amides is 1. The Balaban J connectivity index is 0.00000576. The lowest BCUT2D eigenvalue weighted by Gasteiger charge is -2.33. The lowest BCUT2D eigenvalue weighted by molar-refractivity contribution is -0.128. The summed E-state index contributed by atoms with van der Waals surface area (Å²) in [6.45, 7) is 16.2. The highest BCUT2D eigenvalue weighted by Gasteiger charge is 2.21. The fourth-order valence-electron chi connectivity index (χ4n) is 2.63. The minimum atomic E-state index is -0.350. The van der Waals surface area contributed by atoms with Crippen LogP contribution in [-0.2, 0) is 4.79 Å². The van der Waals surface area contributed by atoms with Gasteiger partial charge in [0.2, 0.25) is 5.91 Å². The highest BCUT2D eigenvalue weighted by atomic mass is 127. The Labute approximate surface area is 170 Å². The van der Waals surface area contributed by atoms with E-state index in [-0.39, 0.29) is 35.3 Å². The number of guanidine groups is 1. The monoisotopic (exact) mass is 465 g/mol. The van der Waals surface area contributed by atoms with Crippen LogP contribution < -0.4 is 16.0 Å². The summed E-state index contributed by atoms with van der Waals surface area (Å²) in [7, 11) is 1.78. The predicted molar refractivity (Wildman–Crippen MR) is 117 cm³/mol. The van der Waals surface area contributed by atoms with Crippen molar-refractivity contribution >= 4 is 35.8 Å². The molecule has 0 radical (unpaired) electrons. The van der Waals surface area contributed by atoms with Gasteiger partial charge < -0.3 is 16.0 Å². The van der Waals surface area contributed by atoms with Crippen molar-refractivity contribution < 1.29 is 4.79 Å². The van der Waals surface area contributed by atoms with E-state index in [1.165, 1.54) is 5.57 Å². The molecule has 1 rings (SSSR count). The summed E-state index contributed by atoms with van der Waals surface area (Å²) >= 11 is 0. The lowest BCUT2D eigenvalue weighted by atomic mass is 9.96. The van der Waals surface area contributed by atoms with Crippen LogP contribution in [0.1, 0.15) is 40.5 Å². The van der Waals surface area contributed by atoms with E-state index < -0.39 is 0 Å². The molecule has 1 saturated heterocycles. The molecule has 0 spiro atoms. The number of rotatable bonds is 6. The van der Waals surface area contributed by atoms with Gasteiger partial charge >= 0.3 is 0 Å². The predicted octanol–water partition coefficient (Wildman–Crippen LogP) is 1.97. The topological polar surface area (TPSA) is 68.8 Å². The fourth-order valence-corrected chi connectivity index (χ4v) is 2.63. The van der Waals surface area contributed by atoms with Crippen molar-refractivity contribution in [2.45, 2.75) is 46.6 Å². The maximum absolute atomic E-state index is 11.8. The number of halogens is 1. The van der Waals surface area contributed by atoms with Gasteiger partial charge in [0.15, 0.2) is 5.96 Å². The van der Waals surface area contributed by atoms with Crippen molar-refractivity contribution in [1.29, 1.82) is 0 Å². The summed E-state index contributed by atoms with van der Waals surface area (Å²) in [4.78, 5) is 18.5. The molecule has 1 aliphatic heterocycles. The van der Waals surface area contributed by atoms with Gasteiger partial charge in [-0.05, 0) is 19.8 Å². The number of carbonyl (C=O) groups excluding carboxylic acids is 1. The minimum absolute atomic E-state index is 0. The highest BCUT2D eigenvalue weighted by Crippen LogP contribution is 2.12. The SMILES string of the molecule is C=C(C)CN1CCC(NC(=NC)NCCNC(=O)C(C)(C)C)CC1.I. The maximum Gasteiger partial charge on any atom is 0.225 e. The van der Waals surface area contributed by atoms with Crippen molar-refractivity contribution in [3.63, 3.8) is 0 Å². The molecule has 0 bridgehead atoms. The quantitative estimate of drug-likeness (QED) is 0.185. The summed E-state index contributed by atoms with van der Waals surface area (Å²) < 4.78 is 0. The van der Waals surface area contributed by atoms with Gasteiger partial charge in [0.05, 0.1) is 0 Å². The number of carbonyl (C=O) groups is 1. The van der Waals surface area contributed by atoms with Gasteiger partial charge in [-0.1, -0.05) is 32.9 Å². The van der Waals surface area contributed by atoms with E-state index in [0.29, 0.717) is 19.1 Å². The normalized spacial score (nSPS) is 16.8. The highest BCUT2D eigenvalue weighted by molar-refractivity contribution is 14.0. The number of piperidine rings is 1. The van der Waals surface area contributed by atoms with Gasteiger partial charge in [0.1, 0.15) is 0 Å². The molecule has 0 aromatic rings. The van der Waals surface area contributed by atoms with Crippen LogP contribution in [-0.4, -0.2) is 62.6 Å². The molecule has 0 saturated carbocycles. The smallest absolute Gasteiger partial charge is 0.225 e. The number of likely N-dealkylation sites (tertiary alicyclic amines) is 1. The van der Waals surface area contributed by atoms with Gasteiger partial charge in [-0.25, -0.2) is 0 Å². The van der Waals surface area contributed by atoms with E-state index in [1.807, 2.05) is 20.8 Å². The molecule has 1 heterocycles. The Bertz CT molecular complexity index is 451. The minimum Gasteiger partial charge on any atom is -0.355 e. The Morgan fingerprint density at radius 1 is 1.20 bits per heavy atom. The molecule has 0 unspecified atom stereocenters. The van der Waals surface area contributed by atoms with Crippen LogP contribution in [0, 0.1) is 5.41 Å². The van der Waals surface area contributed by atoms with E-state index in [9.17, 15) is 4.79 Å². The summed E-state index contributed by atoms with van der Waals surface area (Å²) in [5.74, 6) is 0.871. The van der Waals surface area contributed by atoms with E-state index >= 15 is 0 Å². The molecular weight excluding hydrogens is 429 g/mol. The van der Waals surface area contributed by atoms with Crippen LogP contribution in [0.25, 0.3) is 0 Å². The molecule has 6 nitrogen and oxygen atoms in total. The molecule has 0 atom stereocenters. The van der Waals surface area contributed by atoms with Gasteiger partial charge in [0, 0.05) is 51.2 Å². The third kappa shape index (κ3) is 10.0. The molecule has 146 valence electrons. The van der Waals surface area contributed by atoms with Gasteiger partial charge in [-0.15, -0.1) is 24.0 Å². The first-order valence-electron chi connectivity index (χ1n) is 8.84. The largest absolute Gasteiger partial charge is 0.355 e. The second-order valence-electron chi connectivity index (χ2n) is 7.66. The zero-order chi connectivity index (χ0) is 18.2. The molecule has 1 aliphatic rings. The molecule has 0 aromatic heterocycles. The first-order valence-corrected chi connectivity index (χ1v) is 8.84. The van der Waals surface area contributed by atoms with Crippen molar-refractivity contribution in [2.75, 3.05) is 39.8 Å². The van der Waals surface area contributed by atoms with E-state index in [4.69, 9.17) is 0 Å². The van der Waals surface area contributed by atoms with Crippen molar-refractivity contribution in [3.8, 4) is 0 Å². The number of hydrogen-bond acceptors (Lipinski definition) is 3. The fraction of sp³-hybridized carbons (Fsp3) is 0.778. The second kappa shape index (κ2) is 11.7. The summed E-state index contributed by atoms with van der Waals surface area (Å²) in [5.41, 5.74) is 0.869. The van der Waals surface area contributed by atoms with Crippen LogP contribution >= 0.6 is 24.0 Å². The standard InChI is InChI=1S/C18H35N5O.HI/c1-14(2)13-23-11-7-15(8-12-23)22-17(19-6)21-10-9-20-16(24)18(3,4)5;/h15H,1,7-13H2,2-6H3,(H,20,24)(H2,19,21,22);1H. The van der Waals surface area contributed by atoms with E-state index in [1.54, 1.807) is 7.05 Å². The average molecular weight is 465 g/mol. The van der Waals surface area contributed by atoms with E-state index in [0.717, 1.165) is 38.4 Å². The zero-order valence-corrected chi connectivity index (χ0v) is 18.8. The molecule has 3 N–H and O–H groups in total. The Morgan fingerprint density at radius 2 is 1.76 bits per heavy atom. The lowest BCUT2D eigenvalue weighted by Crippen LogP contribution is -2.50. The third-order valence-electron chi connectivity index (χ3n) is 4.03. The number of nitrogens with zero attached hydrogens (tertiary/aromatic N) is 2. The molecule has 0 aliphatic carbocycles. The second-order valence-corrected chi connectivity index (χ2v) is 7.66. The maximum atomic E-state index is 11.8. The van der Waals surface area contributed by atoms with Crippen LogP contribution in [0.15, 0.2) is 17.1 Å². The summed E-state index contributed by atoms with van der Waals surface area (Å²) in [6.07, 6.45) is 2.21. The van der Waals surface area contributed by atoms with Crippen molar-refractivity contribution in [3.05, 3.63) is 12.2 Å². The van der Waals surface area contributed by atoms with Crippen LogP contribution in [0.5, 0.6) is 0 Å². The molecule has 25 heavy (non-hydrogen) atoms. The molecular formula is C18H36IN5O. The van der Waals surface area contributed by atoms with Gasteiger partial charge in [0.25, 0.3) is 0 Å². The molecule has 7 heteroatoms. The number of hydrogen-bond donors (Lipinski definition) is 3. The summed E-state index contributed by atoms with van der Waals surface area (Å²) in [5, 5.41) is 9.67. The third-order valence-corrected chi connectivity index (χ3v) is 4.03. The van der Waals surface area contributed by atoms with Crippen molar-refractivity contribution in [2.24, 2.45) is 10.4 Å². The molecule has 1 amide bonds.